The summed E-state index contributed by atoms with van der Waals surface area (Å²) in [6.07, 6.45) is 2.02. The van der Waals surface area contributed by atoms with Crippen LogP contribution in [0.3, 0.4) is 0 Å². The van der Waals surface area contributed by atoms with Crippen molar-refractivity contribution in [1.29, 1.82) is 0 Å². The second-order valence-electron chi connectivity index (χ2n) is 5.73. The standard InChI is InChI=1S/C16H17N3O2/c1-16(2)15(21)19(10-8-14(20)18-16)13-7-3-6-12-11(13)5-4-9-17-12/h3-7,9H,8,10H2,1-2H3,(H,18,20). The molecule has 1 aromatic carbocycles. The van der Waals surface area contributed by atoms with Gasteiger partial charge in [0.05, 0.1) is 11.2 Å². The van der Waals surface area contributed by atoms with E-state index in [0.29, 0.717) is 13.0 Å². The number of hydrogen-bond acceptors (Lipinski definition) is 3. The fourth-order valence-corrected chi connectivity index (χ4v) is 2.67. The van der Waals surface area contributed by atoms with Crippen LogP contribution in [0, 0.1) is 0 Å². The number of amides is 2. The Labute approximate surface area is 123 Å². The van der Waals surface area contributed by atoms with E-state index in [-0.39, 0.29) is 11.8 Å². The van der Waals surface area contributed by atoms with Gasteiger partial charge in [-0.05, 0) is 38.1 Å². The number of carbonyl (C=O) groups is 2. The van der Waals surface area contributed by atoms with Gasteiger partial charge < -0.3 is 10.2 Å². The van der Waals surface area contributed by atoms with Crippen LogP contribution in [0.25, 0.3) is 10.9 Å². The molecule has 0 aliphatic carbocycles. The molecule has 1 aromatic heterocycles. The van der Waals surface area contributed by atoms with E-state index in [4.69, 9.17) is 0 Å². The molecule has 0 radical (unpaired) electrons. The molecule has 1 aliphatic heterocycles. The monoisotopic (exact) mass is 283 g/mol. The minimum Gasteiger partial charge on any atom is -0.342 e. The maximum Gasteiger partial charge on any atom is 0.252 e. The first-order chi connectivity index (χ1) is 9.99. The summed E-state index contributed by atoms with van der Waals surface area (Å²) in [5.41, 5.74) is 0.733. The summed E-state index contributed by atoms with van der Waals surface area (Å²) in [5, 5.41) is 3.69. The Morgan fingerprint density at radius 1 is 1.19 bits per heavy atom. The smallest absolute Gasteiger partial charge is 0.252 e. The highest BCUT2D eigenvalue weighted by Crippen LogP contribution is 2.28. The highest BCUT2D eigenvalue weighted by molar-refractivity contribution is 6.08. The topological polar surface area (TPSA) is 62.3 Å². The number of pyridine rings is 1. The Balaban J connectivity index is 2.13. The molecule has 2 amide bonds. The van der Waals surface area contributed by atoms with Crippen LogP contribution in [0.4, 0.5) is 5.69 Å². The molecule has 2 aromatic rings. The minimum atomic E-state index is -0.905. The highest BCUT2D eigenvalue weighted by Gasteiger charge is 2.37. The van der Waals surface area contributed by atoms with Crippen LogP contribution < -0.4 is 10.2 Å². The molecule has 5 heteroatoms. The predicted octanol–water partition coefficient (Wildman–Crippen LogP) is 1.87. The average Bonchev–Trinajstić information content (AvgIpc) is 2.56. The van der Waals surface area contributed by atoms with Crippen molar-refractivity contribution in [3.63, 3.8) is 0 Å². The largest absolute Gasteiger partial charge is 0.342 e. The van der Waals surface area contributed by atoms with Crippen LogP contribution in [-0.4, -0.2) is 28.9 Å². The van der Waals surface area contributed by atoms with Crippen LogP contribution in [0.1, 0.15) is 20.3 Å². The summed E-state index contributed by atoms with van der Waals surface area (Å²) in [7, 11) is 0. The van der Waals surface area contributed by atoms with E-state index < -0.39 is 5.54 Å². The quantitative estimate of drug-likeness (QED) is 0.869. The Morgan fingerprint density at radius 2 is 2.00 bits per heavy atom. The fraction of sp³-hybridized carbons (Fsp3) is 0.312. The molecule has 1 saturated heterocycles. The van der Waals surface area contributed by atoms with Gasteiger partial charge in [0.15, 0.2) is 0 Å². The molecule has 0 unspecified atom stereocenters. The molecule has 0 atom stereocenters. The van der Waals surface area contributed by atoms with Crippen LogP contribution in [0.15, 0.2) is 36.5 Å². The molecule has 3 rings (SSSR count). The number of benzene rings is 1. The van der Waals surface area contributed by atoms with Gasteiger partial charge in [0.2, 0.25) is 5.91 Å². The average molecular weight is 283 g/mol. The van der Waals surface area contributed by atoms with Crippen LogP contribution in [0.5, 0.6) is 0 Å². The van der Waals surface area contributed by atoms with E-state index in [1.807, 2.05) is 30.3 Å². The number of aromatic nitrogens is 1. The van der Waals surface area contributed by atoms with E-state index >= 15 is 0 Å². The lowest BCUT2D eigenvalue weighted by Gasteiger charge is -2.29. The van der Waals surface area contributed by atoms with Gasteiger partial charge in [0.25, 0.3) is 5.91 Å². The summed E-state index contributed by atoms with van der Waals surface area (Å²) >= 11 is 0. The SMILES string of the molecule is CC1(C)NC(=O)CCN(c2cccc3ncccc23)C1=O. The van der Waals surface area contributed by atoms with E-state index in [0.717, 1.165) is 16.6 Å². The van der Waals surface area contributed by atoms with Gasteiger partial charge in [-0.25, -0.2) is 0 Å². The normalized spacial score (nSPS) is 18.5. The number of rotatable bonds is 1. The molecule has 1 N–H and O–H groups in total. The number of hydrogen-bond donors (Lipinski definition) is 1. The highest BCUT2D eigenvalue weighted by atomic mass is 16.2. The Hall–Kier alpha value is -2.43. The minimum absolute atomic E-state index is 0.103. The summed E-state index contributed by atoms with van der Waals surface area (Å²) < 4.78 is 0. The van der Waals surface area contributed by atoms with Crippen molar-refractivity contribution in [3.05, 3.63) is 36.5 Å². The first-order valence-corrected chi connectivity index (χ1v) is 6.96. The zero-order valence-electron chi connectivity index (χ0n) is 12.1. The molecule has 0 saturated carbocycles. The fourth-order valence-electron chi connectivity index (χ4n) is 2.67. The first-order valence-electron chi connectivity index (χ1n) is 6.96. The van der Waals surface area contributed by atoms with E-state index in [1.165, 1.54) is 0 Å². The molecule has 2 heterocycles. The summed E-state index contributed by atoms with van der Waals surface area (Å²) in [4.78, 5) is 30.5. The molecule has 0 bridgehead atoms. The van der Waals surface area contributed by atoms with Crippen molar-refractivity contribution in [3.8, 4) is 0 Å². The van der Waals surface area contributed by atoms with Crippen molar-refractivity contribution in [1.82, 2.24) is 10.3 Å². The number of fused-ring (bicyclic) bond motifs is 1. The van der Waals surface area contributed by atoms with Crippen molar-refractivity contribution < 1.29 is 9.59 Å². The molecular weight excluding hydrogens is 266 g/mol. The number of nitrogens with zero attached hydrogens (tertiary/aromatic N) is 2. The Morgan fingerprint density at radius 3 is 2.81 bits per heavy atom. The van der Waals surface area contributed by atoms with Gasteiger partial charge in [0, 0.05) is 24.5 Å². The van der Waals surface area contributed by atoms with Crippen molar-refractivity contribution in [2.24, 2.45) is 0 Å². The molecule has 1 fully saturated rings. The van der Waals surface area contributed by atoms with Gasteiger partial charge >= 0.3 is 0 Å². The molecule has 5 nitrogen and oxygen atoms in total. The van der Waals surface area contributed by atoms with E-state index in [9.17, 15) is 9.59 Å². The Bertz CT molecular complexity index is 719. The molecule has 0 spiro atoms. The summed E-state index contributed by atoms with van der Waals surface area (Å²) in [5.74, 6) is -0.209. The van der Waals surface area contributed by atoms with Gasteiger partial charge in [-0.2, -0.15) is 0 Å². The van der Waals surface area contributed by atoms with Crippen LogP contribution in [-0.2, 0) is 9.59 Å². The lowest BCUT2D eigenvalue weighted by atomic mass is 10.0. The lowest BCUT2D eigenvalue weighted by Crippen LogP contribution is -2.53. The number of nitrogens with one attached hydrogen (secondary N) is 1. The third kappa shape index (κ3) is 2.35. The van der Waals surface area contributed by atoms with Crippen molar-refractivity contribution in [2.75, 3.05) is 11.4 Å². The summed E-state index contributed by atoms with van der Waals surface area (Å²) in [6, 6.07) is 9.48. The van der Waals surface area contributed by atoms with Gasteiger partial charge in [-0.15, -0.1) is 0 Å². The number of anilines is 1. The maximum atomic E-state index is 12.7. The zero-order valence-corrected chi connectivity index (χ0v) is 12.1. The van der Waals surface area contributed by atoms with Crippen LogP contribution in [0.2, 0.25) is 0 Å². The summed E-state index contributed by atoms with van der Waals surface area (Å²) in [6.45, 7) is 3.84. The van der Waals surface area contributed by atoms with Gasteiger partial charge in [0.1, 0.15) is 5.54 Å². The zero-order chi connectivity index (χ0) is 15.0. The second kappa shape index (κ2) is 4.84. The van der Waals surface area contributed by atoms with Crippen LogP contribution >= 0.6 is 0 Å². The third-order valence-corrected chi connectivity index (χ3v) is 3.71. The van der Waals surface area contributed by atoms with Crippen molar-refractivity contribution >= 4 is 28.4 Å². The molecule has 108 valence electrons. The van der Waals surface area contributed by atoms with Crippen molar-refractivity contribution in [2.45, 2.75) is 25.8 Å². The third-order valence-electron chi connectivity index (χ3n) is 3.71. The lowest BCUT2D eigenvalue weighted by molar-refractivity contribution is -0.128. The Kier molecular flexibility index (Phi) is 3.12. The maximum absolute atomic E-state index is 12.7. The van der Waals surface area contributed by atoms with E-state index in [2.05, 4.69) is 10.3 Å². The first kappa shape index (κ1) is 13.5. The predicted molar refractivity (Wildman–Crippen MR) is 80.9 cm³/mol. The molecule has 1 aliphatic rings. The second-order valence-corrected chi connectivity index (χ2v) is 5.73. The van der Waals surface area contributed by atoms with Gasteiger partial charge in [-0.3, -0.25) is 14.6 Å². The molecule has 21 heavy (non-hydrogen) atoms. The van der Waals surface area contributed by atoms with E-state index in [1.54, 1.807) is 24.9 Å². The molecular formula is C16H17N3O2. The van der Waals surface area contributed by atoms with Gasteiger partial charge in [-0.1, -0.05) is 6.07 Å². The number of carbonyl (C=O) groups excluding carboxylic acids is 2.